The van der Waals surface area contributed by atoms with Crippen LogP contribution in [0, 0.1) is 11.6 Å². The van der Waals surface area contributed by atoms with Crippen molar-refractivity contribution in [2.24, 2.45) is 0 Å². The summed E-state index contributed by atoms with van der Waals surface area (Å²) in [5.74, 6) is -0.904. The quantitative estimate of drug-likeness (QED) is 0.786. The number of carbonyl (C=O) groups is 1. The fourth-order valence-corrected chi connectivity index (χ4v) is 3.38. The van der Waals surface area contributed by atoms with Crippen molar-refractivity contribution in [3.8, 4) is 0 Å². The molecule has 1 N–H and O–H groups in total. The van der Waals surface area contributed by atoms with Crippen LogP contribution in [0.2, 0.25) is 0 Å². The molecule has 112 valence electrons. The minimum Gasteiger partial charge on any atom is -0.307 e. The molecule has 0 atom stereocenters. The van der Waals surface area contributed by atoms with Gasteiger partial charge in [0, 0.05) is 19.0 Å². The van der Waals surface area contributed by atoms with Crippen molar-refractivity contribution in [2.45, 2.75) is 19.4 Å². The van der Waals surface area contributed by atoms with Gasteiger partial charge in [0.25, 0.3) is 5.91 Å². The monoisotopic (exact) mass is 321 g/mol. The van der Waals surface area contributed by atoms with E-state index in [1.54, 1.807) is 4.57 Å². The lowest BCUT2D eigenvalue weighted by atomic mass is 10.3. The summed E-state index contributed by atoms with van der Waals surface area (Å²) in [5, 5.41) is 10.6. The zero-order chi connectivity index (χ0) is 15.3. The van der Waals surface area contributed by atoms with E-state index < -0.39 is 17.5 Å². The minimum absolute atomic E-state index is 0.0353. The normalized spacial score (nSPS) is 13.5. The SMILES string of the molecule is O=C(Nc1nc2c(F)cc(F)cc2s1)c1nnc2n1CCC2. The predicted molar refractivity (Wildman–Crippen MR) is 75.8 cm³/mol. The maximum atomic E-state index is 13.6. The van der Waals surface area contributed by atoms with E-state index in [1.807, 2.05) is 0 Å². The molecule has 3 heterocycles. The van der Waals surface area contributed by atoms with E-state index in [0.29, 0.717) is 11.2 Å². The Morgan fingerprint density at radius 3 is 3.05 bits per heavy atom. The fourth-order valence-electron chi connectivity index (χ4n) is 2.48. The van der Waals surface area contributed by atoms with E-state index in [9.17, 15) is 13.6 Å². The third-order valence-corrected chi connectivity index (χ3v) is 4.36. The molecule has 9 heteroatoms. The number of benzene rings is 1. The number of fused-ring (bicyclic) bond motifs is 2. The highest BCUT2D eigenvalue weighted by atomic mass is 32.1. The number of anilines is 1. The Balaban J connectivity index is 1.65. The first-order valence-electron chi connectivity index (χ1n) is 6.61. The molecule has 1 aliphatic rings. The Hall–Kier alpha value is -2.42. The molecular formula is C13H9F2N5OS. The molecule has 2 aromatic heterocycles. The lowest BCUT2D eigenvalue weighted by molar-refractivity contribution is 0.101. The van der Waals surface area contributed by atoms with E-state index in [4.69, 9.17) is 0 Å². The number of hydrogen-bond acceptors (Lipinski definition) is 5. The highest BCUT2D eigenvalue weighted by molar-refractivity contribution is 7.22. The molecule has 1 amide bonds. The van der Waals surface area contributed by atoms with Gasteiger partial charge in [0.1, 0.15) is 17.2 Å². The summed E-state index contributed by atoms with van der Waals surface area (Å²) in [6, 6.07) is 1.94. The third-order valence-electron chi connectivity index (χ3n) is 3.45. The number of amides is 1. The smallest absolute Gasteiger partial charge is 0.295 e. The summed E-state index contributed by atoms with van der Waals surface area (Å²) in [4.78, 5) is 16.2. The van der Waals surface area contributed by atoms with E-state index in [-0.39, 0.29) is 16.5 Å². The number of hydrogen-bond donors (Lipinski definition) is 1. The fraction of sp³-hybridized carbons (Fsp3) is 0.231. The molecule has 6 nitrogen and oxygen atoms in total. The van der Waals surface area contributed by atoms with Crippen LogP contribution in [0.5, 0.6) is 0 Å². The first kappa shape index (κ1) is 13.3. The van der Waals surface area contributed by atoms with Crippen molar-refractivity contribution in [3.63, 3.8) is 0 Å². The second kappa shape index (κ2) is 4.80. The molecule has 0 fully saturated rings. The number of nitrogens with one attached hydrogen (secondary N) is 1. The van der Waals surface area contributed by atoms with Gasteiger partial charge in [-0.05, 0) is 12.5 Å². The Morgan fingerprint density at radius 2 is 2.18 bits per heavy atom. The van der Waals surface area contributed by atoms with Gasteiger partial charge in [-0.25, -0.2) is 13.8 Å². The Morgan fingerprint density at radius 1 is 1.32 bits per heavy atom. The first-order chi connectivity index (χ1) is 10.6. The molecule has 0 saturated carbocycles. The number of nitrogens with zero attached hydrogens (tertiary/aromatic N) is 4. The van der Waals surface area contributed by atoms with Crippen molar-refractivity contribution in [3.05, 3.63) is 35.4 Å². The maximum Gasteiger partial charge on any atom is 0.295 e. The van der Waals surface area contributed by atoms with Gasteiger partial charge in [0.15, 0.2) is 10.9 Å². The molecule has 0 unspecified atom stereocenters. The van der Waals surface area contributed by atoms with Gasteiger partial charge in [-0.3, -0.25) is 10.1 Å². The van der Waals surface area contributed by atoms with Gasteiger partial charge < -0.3 is 4.57 Å². The minimum atomic E-state index is -0.755. The van der Waals surface area contributed by atoms with Crippen LogP contribution in [-0.4, -0.2) is 25.7 Å². The zero-order valence-electron chi connectivity index (χ0n) is 11.1. The summed E-state index contributed by atoms with van der Waals surface area (Å²) in [6.45, 7) is 0.699. The molecule has 1 aliphatic heterocycles. The molecule has 1 aromatic carbocycles. The van der Waals surface area contributed by atoms with Crippen molar-refractivity contribution in [1.82, 2.24) is 19.7 Å². The first-order valence-corrected chi connectivity index (χ1v) is 7.42. The lowest BCUT2D eigenvalue weighted by Gasteiger charge is -2.01. The molecule has 4 rings (SSSR count). The number of carbonyl (C=O) groups excluding carboxylic acids is 1. The van der Waals surface area contributed by atoms with E-state index >= 15 is 0 Å². The third kappa shape index (κ3) is 2.05. The maximum absolute atomic E-state index is 13.6. The van der Waals surface area contributed by atoms with Gasteiger partial charge in [-0.2, -0.15) is 0 Å². The van der Waals surface area contributed by atoms with Crippen LogP contribution in [0.25, 0.3) is 10.2 Å². The second-order valence-electron chi connectivity index (χ2n) is 4.90. The summed E-state index contributed by atoms with van der Waals surface area (Å²) in [6.07, 6.45) is 1.72. The Bertz CT molecular complexity index is 903. The van der Waals surface area contributed by atoms with Crippen LogP contribution in [0.1, 0.15) is 22.9 Å². The molecule has 0 spiro atoms. The number of halogens is 2. The van der Waals surface area contributed by atoms with Crippen LogP contribution in [0.3, 0.4) is 0 Å². The van der Waals surface area contributed by atoms with Gasteiger partial charge in [0.2, 0.25) is 5.82 Å². The molecule has 3 aromatic rings. The summed E-state index contributed by atoms with van der Waals surface area (Å²) in [7, 11) is 0. The molecule has 0 radical (unpaired) electrons. The van der Waals surface area contributed by atoms with Gasteiger partial charge in [-0.15, -0.1) is 10.2 Å². The highest BCUT2D eigenvalue weighted by Crippen LogP contribution is 2.29. The number of aryl methyl sites for hydroxylation is 1. The largest absolute Gasteiger partial charge is 0.307 e. The zero-order valence-corrected chi connectivity index (χ0v) is 12.0. The number of aromatic nitrogens is 4. The topological polar surface area (TPSA) is 72.7 Å². The number of thiazole rings is 1. The average molecular weight is 321 g/mol. The van der Waals surface area contributed by atoms with Crippen molar-refractivity contribution in [2.75, 3.05) is 5.32 Å². The molecule has 0 bridgehead atoms. The van der Waals surface area contributed by atoms with Crippen LogP contribution >= 0.6 is 11.3 Å². The second-order valence-corrected chi connectivity index (χ2v) is 5.93. The highest BCUT2D eigenvalue weighted by Gasteiger charge is 2.23. The predicted octanol–water partition coefficient (Wildman–Crippen LogP) is 2.36. The molecule has 0 saturated heterocycles. The van der Waals surface area contributed by atoms with E-state index in [1.165, 1.54) is 6.07 Å². The van der Waals surface area contributed by atoms with Crippen LogP contribution in [-0.2, 0) is 13.0 Å². The van der Waals surface area contributed by atoms with Gasteiger partial charge in [0.05, 0.1) is 4.70 Å². The standard InChI is InChI=1S/C13H9F2N5OS/c14-6-4-7(15)10-8(5-6)22-13(16-10)17-12(21)11-19-18-9-2-1-3-20(9)11/h4-5H,1-3H2,(H,16,17,21). The molecule has 0 aliphatic carbocycles. The summed E-state index contributed by atoms with van der Waals surface area (Å²) < 4.78 is 28.9. The molecule has 22 heavy (non-hydrogen) atoms. The van der Waals surface area contributed by atoms with Crippen LogP contribution < -0.4 is 5.32 Å². The summed E-state index contributed by atoms with van der Waals surface area (Å²) >= 11 is 1.00. The van der Waals surface area contributed by atoms with Gasteiger partial charge >= 0.3 is 0 Å². The average Bonchev–Trinajstić information content (AvgIpc) is 3.11. The lowest BCUT2D eigenvalue weighted by Crippen LogP contribution is -2.17. The molecular weight excluding hydrogens is 312 g/mol. The number of rotatable bonds is 2. The van der Waals surface area contributed by atoms with E-state index in [0.717, 1.165) is 36.1 Å². The Labute approximate surface area is 126 Å². The van der Waals surface area contributed by atoms with Crippen LogP contribution in [0.4, 0.5) is 13.9 Å². The van der Waals surface area contributed by atoms with E-state index in [2.05, 4.69) is 20.5 Å². The van der Waals surface area contributed by atoms with Crippen molar-refractivity contribution < 1.29 is 13.6 Å². The Kier molecular flexibility index (Phi) is 2.89. The van der Waals surface area contributed by atoms with Crippen LogP contribution in [0.15, 0.2) is 12.1 Å². The van der Waals surface area contributed by atoms with Gasteiger partial charge in [-0.1, -0.05) is 11.3 Å². The summed E-state index contributed by atoms with van der Waals surface area (Å²) in [5.41, 5.74) is 0.0353. The van der Waals surface area contributed by atoms with Crippen molar-refractivity contribution >= 4 is 32.6 Å². The van der Waals surface area contributed by atoms with Crippen molar-refractivity contribution in [1.29, 1.82) is 0 Å².